The number of hydrogen-bond donors (Lipinski definition) is 2. The Labute approximate surface area is 72.7 Å². The van der Waals surface area contributed by atoms with Gasteiger partial charge in [0.2, 0.25) is 0 Å². The molecule has 0 unspecified atom stereocenters. The number of fused-ring (bicyclic) bond motifs is 1. The van der Waals surface area contributed by atoms with Gasteiger partial charge in [0.25, 0.3) is 0 Å². The van der Waals surface area contributed by atoms with Crippen molar-refractivity contribution in [2.24, 2.45) is 0 Å². The minimum atomic E-state index is -0.924. The molecule has 66 valence electrons. The van der Waals surface area contributed by atoms with Crippen LogP contribution in [0.25, 0.3) is 11.2 Å². The highest BCUT2D eigenvalue weighted by atomic mass is 16.4. The van der Waals surface area contributed by atoms with Crippen LogP contribution >= 0.6 is 0 Å². The van der Waals surface area contributed by atoms with Crippen LogP contribution < -0.4 is 0 Å². The molecule has 0 aliphatic carbocycles. The first-order valence-electron chi connectivity index (χ1n) is 3.62. The van der Waals surface area contributed by atoms with Crippen LogP contribution in [0.15, 0.2) is 12.5 Å². The van der Waals surface area contributed by atoms with Crippen LogP contribution in [0.2, 0.25) is 0 Å². The number of carbonyl (C=O) groups is 1. The summed E-state index contributed by atoms with van der Waals surface area (Å²) in [7, 11) is 0. The molecule has 13 heavy (non-hydrogen) atoms. The van der Waals surface area contributed by atoms with Gasteiger partial charge < -0.3 is 10.1 Å². The van der Waals surface area contributed by atoms with E-state index in [0.29, 0.717) is 17.0 Å². The Kier molecular flexibility index (Phi) is 1.66. The van der Waals surface area contributed by atoms with Crippen molar-refractivity contribution < 1.29 is 9.90 Å². The molecule has 2 N–H and O–H groups in total. The number of nitrogens with one attached hydrogen (secondary N) is 1. The summed E-state index contributed by atoms with van der Waals surface area (Å²) in [6.45, 7) is 0. The number of carboxylic acid groups (broad SMARTS) is 1. The molecule has 0 atom stereocenters. The first-order chi connectivity index (χ1) is 6.25. The molecule has 0 spiro atoms. The van der Waals surface area contributed by atoms with E-state index in [-0.39, 0.29) is 6.42 Å². The van der Waals surface area contributed by atoms with Crippen molar-refractivity contribution in [2.75, 3.05) is 0 Å². The Bertz CT molecular complexity index is 417. The Hall–Kier alpha value is -1.98. The van der Waals surface area contributed by atoms with Crippen LogP contribution in [0.5, 0.6) is 0 Å². The Morgan fingerprint density at radius 3 is 3.15 bits per heavy atom. The maximum Gasteiger partial charge on any atom is 0.311 e. The molecule has 0 fully saturated rings. The molecule has 2 heterocycles. The molecule has 2 aromatic heterocycles. The van der Waals surface area contributed by atoms with E-state index in [9.17, 15) is 4.79 Å². The number of aliphatic carboxylic acids is 1. The number of nitrogens with zero attached hydrogens (tertiary/aromatic N) is 3. The maximum atomic E-state index is 10.3. The summed E-state index contributed by atoms with van der Waals surface area (Å²) in [5.74, 6) is -0.532. The molecule has 0 aromatic carbocycles. The second kappa shape index (κ2) is 2.81. The summed E-state index contributed by atoms with van der Waals surface area (Å²) in [6, 6.07) is 0. The van der Waals surface area contributed by atoms with Gasteiger partial charge in [0, 0.05) is 0 Å². The lowest BCUT2D eigenvalue weighted by Gasteiger charge is -1.85. The van der Waals surface area contributed by atoms with Gasteiger partial charge in [-0.05, 0) is 0 Å². The molecule has 0 saturated carbocycles. The number of aromatic nitrogens is 4. The number of imidazole rings is 1. The number of H-pyrrole nitrogens is 1. The van der Waals surface area contributed by atoms with Gasteiger partial charge in [-0.15, -0.1) is 0 Å². The third-order valence-electron chi connectivity index (χ3n) is 1.53. The van der Waals surface area contributed by atoms with Crippen molar-refractivity contribution in [1.29, 1.82) is 0 Å². The quantitative estimate of drug-likeness (QED) is 0.674. The summed E-state index contributed by atoms with van der Waals surface area (Å²) in [4.78, 5) is 24.8. The molecule has 0 radical (unpaired) electrons. The van der Waals surface area contributed by atoms with E-state index >= 15 is 0 Å². The summed E-state index contributed by atoms with van der Waals surface area (Å²) in [5.41, 5.74) is 1.14. The van der Waals surface area contributed by atoms with Gasteiger partial charge in [-0.1, -0.05) is 0 Å². The van der Waals surface area contributed by atoms with Gasteiger partial charge in [0.1, 0.15) is 24.1 Å². The molecular formula is C7H6N4O2. The highest BCUT2D eigenvalue weighted by molar-refractivity contribution is 5.73. The first-order valence-corrected chi connectivity index (χ1v) is 3.62. The van der Waals surface area contributed by atoms with Gasteiger partial charge in [0.05, 0.1) is 6.20 Å². The molecule has 2 rings (SSSR count). The number of aromatic amines is 1. The largest absolute Gasteiger partial charge is 0.481 e. The van der Waals surface area contributed by atoms with Crippen molar-refractivity contribution in [3.05, 3.63) is 18.3 Å². The van der Waals surface area contributed by atoms with E-state index in [1.54, 1.807) is 6.20 Å². The van der Waals surface area contributed by atoms with Crippen molar-refractivity contribution in [1.82, 2.24) is 19.9 Å². The fourth-order valence-corrected chi connectivity index (χ4v) is 1.04. The zero-order valence-electron chi connectivity index (χ0n) is 6.56. The lowest BCUT2D eigenvalue weighted by Crippen LogP contribution is -2.01. The Morgan fingerprint density at radius 1 is 1.62 bits per heavy atom. The lowest BCUT2D eigenvalue weighted by atomic mass is 10.4. The maximum absolute atomic E-state index is 10.3. The normalized spacial score (nSPS) is 10.5. The SMILES string of the molecule is O=C(O)Cc1nc2ncncc2[nH]1. The lowest BCUT2D eigenvalue weighted by molar-refractivity contribution is -0.136. The van der Waals surface area contributed by atoms with E-state index in [1.807, 2.05) is 0 Å². The zero-order chi connectivity index (χ0) is 9.26. The Balaban J connectivity index is 2.44. The third kappa shape index (κ3) is 1.46. The van der Waals surface area contributed by atoms with Crippen LogP contribution in [-0.2, 0) is 11.2 Å². The standard InChI is InChI=1S/C7H6N4O2/c12-6(13)1-5-10-4-2-8-3-9-7(4)11-5/h2-3H,1H2,(H,12,13)(H,8,9,10,11). The van der Waals surface area contributed by atoms with E-state index in [2.05, 4.69) is 19.9 Å². The highest BCUT2D eigenvalue weighted by Gasteiger charge is 2.06. The molecule has 0 bridgehead atoms. The predicted octanol–water partition coefficient (Wildman–Crippen LogP) is -0.0200. The van der Waals surface area contributed by atoms with E-state index in [1.165, 1.54) is 6.33 Å². The monoisotopic (exact) mass is 178 g/mol. The number of hydrogen-bond acceptors (Lipinski definition) is 4. The van der Waals surface area contributed by atoms with Crippen LogP contribution in [0, 0.1) is 0 Å². The van der Waals surface area contributed by atoms with Gasteiger partial charge in [-0.3, -0.25) is 4.79 Å². The van der Waals surface area contributed by atoms with Crippen LogP contribution in [0.4, 0.5) is 0 Å². The summed E-state index contributed by atoms with van der Waals surface area (Å²) in [6.07, 6.45) is 2.80. The summed E-state index contributed by atoms with van der Waals surface area (Å²) < 4.78 is 0. The minimum absolute atomic E-state index is 0.129. The molecule has 0 saturated heterocycles. The van der Waals surface area contributed by atoms with Gasteiger partial charge >= 0.3 is 5.97 Å². The fourth-order valence-electron chi connectivity index (χ4n) is 1.04. The van der Waals surface area contributed by atoms with E-state index in [4.69, 9.17) is 5.11 Å². The first kappa shape index (κ1) is 7.66. The van der Waals surface area contributed by atoms with Crippen molar-refractivity contribution >= 4 is 17.1 Å². The van der Waals surface area contributed by atoms with Crippen LogP contribution in [0.3, 0.4) is 0 Å². The van der Waals surface area contributed by atoms with E-state index < -0.39 is 5.97 Å². The second-order valence-corrected chi connectivity index (χ2v) is 2.51. The van der Waals surface area contributed by atoms with Crippen LogP contribution in [-0.4, -0.2) is 31.0 Å². The molecule has 0 aliphatic rings. The predicted molar refractivity (Wildman–Crippen MR) is 43.0 cm³/mol. The van der Waals surface area contributed by atoms with Crippen LogP contribution in [0.1, 0.15) is 5.82 Å². The summed E-state index contributed by atoms with van der Waals surface area (Å²) >= 11 is 0. The average molecular weight is 178 g/mol. The molecular weight excluding hydrogens is 172 g/mol. The Morgan fingerprint density at radius 2 is 2.46 bits per heavy atom. The second-order valence-electron chi connectivity index (χ2n) is 2.51. The smallest absolute Gasteiger partial charge is 0.311 e. The number of rotatable bonds is 2. The van der Waals surface area contributed by atoms with Gasteiger partial charge in [-0.2, -0.15) is 0 Å². The third-order valence-corrected chi connectivity index (χ3v) is 1.53. The molecule has 6 nitrogen and oxygen atoms in total. The topological polar surface area (TPSA) is 91.8 Å². The average Bonchev–Trinajstić information content (AvgIpc) is 2.44. The molecule has 0 amide bonds. The molecule has 0 aliphatic heterocycles. The van der Waals surface area contributed by atoms with Crippen molar-refractivity contribution in [2.45, 2.75) is 6.42 Å². The summed E-state index contributed by atoms with van der Waals surface area (Å²) in [5, 5.41) is 8.50. The van der Waals surface area contributed by atoms with E-state index in [0.717, 1.165) is 0 Å². The van der Waals surface area contributed by atoms with Crippen molar-refractivity contribution in [3.63, 3.8) is 0 Å². The molecule has 2 aromatic rings. The van der Waals surface area contributed by atoms with Crippen molar-refractivity contribution in [3.8, 4) is 0 Å². The number of carboxylic acids is 1. The van der Waals surface area contributed by atoms with Gasteiger partial charge in [-0.25, -0.2) is 15.0 Å². The zero-order valence-corrected chi connectivity index (χ0v) is 6.56. The highest BCUT2D eigenvalue weighted by Crippen LogP contribution is 2.05. The molecule has 6 heteroatoms. The minimum Gasteiger partial charge on any atom is -0.481 e. The van der Waals surface area contributed by atoms with Gasteiger partial charge in [0.15, 0.2) is 5.65 Å². The fraction of sp³-hybridized carbons (Fsp3) is 0.143.